The Morgan fingerprint density at radius 3 is 2.44 bits per heavy atom. The number of urea groups is 1. The van der Waals surface area contributed by atoms with Crippen LogP contribution in [0.25, 0.3) is 0 Å². The number of hydrogen-bond acceptors (Lipinski definition) is 2. The average Bonchev–Trinajstić information content (AvgIpc) is 2.81. The quantitative estimate of drug-likeness (QED) is 0.807. The predicted octanol–water partition coefficient (Wildman–Crippen LogP) is 1.94. The molecule has 2 aliphatic rings. The van der Waals surface area contributed by atoms with Crippen molar-refractivity contribution in [1.29, 1.82) is 0 Å². The summed E-state index contributed by atoms with van der Waals surface area (Å²) in [6.45, 7) is 6.09. The van der Waals surface area contributed by atoms with E-state index < -0.39 is 0 Å². The zero-order valence-electron chi connectivity index (χ0n) is 11.7. The molecule has 2 atom stereocenters. The molecule has 0 bridgehead atoms. The van der Waals surface area contributed by atoms with Gasteiger partial charge in [-0.05, 0) is 31.1 Å². The number of likely N-dealkylation sites (tertiary alicyclic amines) is 1. The van der Waals surface area contributed by atoms with E-state index in [9.17, 15) is 4.79 Å². The highest BCUT2D eigenvalue weighted by atomic mass is 16.2. The Hall–Kier alpha value is -0.770. The summed E-state index contributed by atoms with van der Waals surface area (Å²) in [5.41, 5.74) is 5.46. The molecular formula is C14H27N3O. The number of nitrogens with two attached hydrogens (primary N) is 1. The highest BCUT2D eigenvalue weighted by molar-refractivity contribution is 5.72. The van der Waals surface area contributed by atoms with Crippen LogP contribution in [0.4, 0.5) is 4.79 Å². The molecule has 0 spiro atoms. The van der Waals surface area contributed by atoms with E-state index in [-0.39, 0.29) is 6.03 Å². The fourth-order valence-corrected chi connectivity index (χ4v) is 3.35. The molecule has 1 saturated carbocycles. The fourth-order valence-electron chi connectivity index (χ4n) is 3.35. The van der Waals surface area contributed by atoms with Gasteiger partial charge in [-0.25, -0.2) is 4.79 Å². The fraction of sp³-hybridized carbons (Fsp3) is 0.929. The Balaban J connectivity index is 1.93. The molecule has 1 aliphatic carbocycles. The van der Waals surface area contributed by atoms with Crippen LogP contribution in [0.15, 0.2) is 0 Å². The van der Waals surface area contributed by atoms with Gasteiger partial charge in [-0.15, -0.1) is 0 Å². The molecule has 0 aromatic heterocycles. The average molecular weight is 253 g/mol. The van der Waals surface area contributed by atoms with E-state index in [0.29, 0.717) is 23.9 Å². The number of amides is 2. The lowest BCUT2D eigenvalue weighted by Gasteiger charge is -2.40. The van der Waals surface area contributed by atoms with Gasteiger partial charge >= 0.3 is 6.03 Å². The molecule has 1 heterocycles. The maximum absolute atomic E-state index is 11.4. The van der Waals surface area contributed by atoms with Crippen molar-refractivity contribution in [2.75, 3.05) is 13.1 Å². The Bertz CT molecular complexity index is 285. The first-order valence-electron chi connectivity index (χ1n) is 7.36. The van der Waals surface area contributed by atoms with Gasteiger partial charge in [0.05, 0.1) is 0 Å². The van der Waals surface area contributed by atoms with Gasteiger partial charge < -0.3 is 16.0 Å². The van der Waals surface area contributed by atoms with E-state index in [1.54, 1.807) is 0 Å². The first kappa shape index (κ1) is 13.7. The van der Waals surface area contributed by atoms with E-state index in [1.807, 2.05) is 4.90 Å². The lowest BCUT2D eigenvalue weighted by atomic mass is 9.85. The largest absolute Gasteiger partial charge is 0.351 e. The van der Waals surface area contributed by atoms with Gasteiger partial charge in [-0.2, -0.15) is 0 Å². The summed E-state index contributed by atoms with van der Waals surface area (Å²) in [5, 5.41) is 3.74. The van der Waals surface area contributed by atoms with E-state index in [1.165, 1.54) is 32.1 Å². The number of hydrogen-bond donors (Lipinski definition) is 2. The van der Waals surface area contributed by atoms with Crippen LogP contribution >= 0.6 is 0 Å². The number of carbonyl (C=O) groups is 1. The highest BCUT2D eigenvalue weighted by Crippen LogP contribution is 2.26. The molecule has 18 heavy (non-hydrogen) atoms. The maximum atomic E-state index is 11.4. The Labute approximate surface area is 110 Å². The van der Waals surface area contributed by atoms with Gasteiger partial charge in [-0.3, -0.25) is 0 Å². The summed E-state index contributed by atoms with van der Waals surface area (Å²) in [4.78, 5) is 13.2. The summed E-state index contributed by atoms with van der Waals surface area (Å²) < 4.78 is 0. The SMILES string of the molecule is CC(C)C1CC(NC2CCCC2)CN(C(N)=O)C1. The highest BCUT2D eigenvalue weighted by Gasteiger charge is 2.32. The molecule has 0 radical (unpaired) electrons. The van der Waals surface area contributed by atoms with E-state index in [2.05, 4.69) is 19.2 Å². The second-order valence-corrected chi connectivity index (χ2v) is 6.33. The van der Waals surface area contributed by atoms with Crippen molar-refractivity contribution in [2.24, 2.45) is 17.6 Å². The molecule has 104 valence electrons. The monoisotopic (exact) mass is 253 g/mol. The van der Waals surface area contributed by atoms with Crippen molar-refractivity contribution >= 4 is 6.03 Å². The molecule has 4 heteroatoms. The maximum Gasteiger partial charge on any atom is 0.314 e. The summed E-state index contributed by atoms with van der Waals surface area (Å²) in [5.74, 6) is 1.19. The van der Waals surface area contributed by atoms with Crippen LogP contribution in [0.2, 0.25) is 0 Å². The Morgan fingerprint density at radius 1 is 1.22 bits per heavy atom. The molecule has 2 rings (SSSR count). The van der Waals surface area contributed by atoms with Gasteiger partial charge in [0.2, 0.25) is 0 Å². The minimum atomic E-state index is -0.265. The van der Waals surface area contributed by atoms with Crippen LogP contribution in [0.3, 0.4) is 0 Å². The van der Waals surface area contributed by atoms with Crippen molar-refractivity contribution in [3.8, 4) is 0 Å². The zero-order valence-corrected chi connectivity index (χ0v) is 11.7. The first-order chi connectivity index (χ1) is 8.56. The molecular weight excluding hydrogens is 226 g/mol. The van der Waals surface area contributed by atoms with Crippen molar-refractivity contribution in [3.05, 3.63) is 0 Å². The van der Waals surface area contributed by atoms with Gasteiger partial charge in [0.25, 0.3) is 0 Å². The molecule has 2 fully saturated rings. The number of primary amides is 1. The third-order valence-electron chi connectivity index (χ3n) is 4.56. The van der Waals surface area contributed by atoms with Crippen LogP contribution in [0, 0.1) is 11.8 Å². The van der Waals surface area contributed by atoms with Gasteiger partial charge in [0.15, 0.2) is 0 Å². The van der Waals surface area contributed by atoms with Crippen LogP contribution in [-0.4, -0.2) is 36.1 Å². The van der Waals surface area contributed by atoms with E-state index >= 15 is 0 Å². The molecule has 1 aliphatic heterocycles. The van der Waals surface area contributed by atoms with Crippen molar-refractivity contribution in [3.63, 3.8) is 0 Å². The molecule has 3 N–H and O–H groups in total. The van der Waals surface area contributed by atoms with Crippen molar-refractivity contribution in [2.45, 2.75) is 58.0 Å². The van der Waals surface area contributed by atoms with Crippen molar-refractivity contribution < 1.29 is 4.79 Å². The second kappa shape index (κ2) is 5.91. The zero-order chi connectivity index (χ0) is 13.1. The Kier molecular flexibility index (Phi) is 4.49. The summed E-state index contributed by atoms with van der Waals surface area (Å²) in [6.07, 6.45) is 6.45. The summed E-state index contributed by atoms with van der Waals surface area (Å²) in [6, 6.07) is 0.830. The summed E-state index contributed by atoms with van der Waals surface area (Å²) >= 11 is 0. The number of nitrogens with one attached hydrogen (secondary N) is 1. The molecule has 4 nitrogen and oxygen atoms in total. The minimum absolute atomic E-state index is 0.265. The number of carbonyl (C=O) groups excluding carboxylic acids is 1. The van der Waals surface area contributed by atoms with Crippen LogP contribution < -0.4 is 11.1 Å². The number of rotatable bonds is 3. The molecule has 0 aromatic rings. The molecule has 1 saturated heterocycles. The van der Waals surface area contributed by atoms with E-state index in [0.717, 1.165) is 13.1 Å². The van der Waals surface area contributed by atoms with Gasteiger partial charge in [0.1, 0.15) is 0 Å². The Morgan fingerprint density at radius 2 is 1.89 bits per heavy atom. The minimum Gasteiger partial charge on any atom is -0.351 e. The smallest absolute Gasteiger partial charge is 0.314 e. The predicted molar refractivity (Wildman–Crippen MR) is 73.3 cm³/mol. The molecule has 2 amide bonds. The van der Waals surface area contributed by atoms with Crippen LogP contribution in [0.1, 0.15) is 46.0 Å². The third-order valence-corrected chi connectivity index (χ3v) is 4.56. The number of nitrogens with zero attached hydrogens (tertiary/aromatic N) is 1. The van der Waals surface area contributed by atoms with Crippen molar-refractivity contribution in [1.82, 2.24) is 10.2 Å². The lowest BCUT2D eigenvalue weighted by Crippen LogP contribution is -2.55. The lowest BCUT2D eigenvalue weighted by molar-refractivity contribution is 0.128. The summed E-state index contributed by atoms with van der Waals surface area (Å²) in [7, 11) is 0. The van der Waals surface area contributed by atoms with Gasteiger partial charge in [0, 0.05) is 25.2 Å². The van der Waals surface area contributed by atoms with E-state index in [4.69, 9.17) is 5.73 Å². The second-order valence-electron chi connectivity index (χ2n) is 6.33. The number of piperidine rings is 1. The van der Waals surface area contributed by atoms with Gasteiger partial charge in [-0.1, -0.05) is 26.7 Å². The third kappa shape index (κ3) is 3.37. The van der Waals surface area contributed by atoms with Crippen LogP contribution in [-0.2, 0) is 0 Å². The molecule has 2 unspecified atom stereocenters. The molecule has 0 aromatic carbocycles. The standard InChI is InChI=1S/C14H27N3O/c1-10(2)11-7-13(9-17(8-11)14(15)18)16-12-5-3-4-6-12/h10-13,16H,3-9H2,1-2H3,(H2,15,18). The normalized spacial score (nSPS) is 30.1. The topological polar surface area (TPSA) is 58.4 Å². The first-order valence-corrected chi connectivity index (χ1v) is 7.36. The van der Waals surface area contributed by atoms with Crippen LogP contribution in [0.5, 0.6) is 0 Å².